The van der Waals surface area contributed by atoms with Gasteiger partial charge in [0.25, 0.3) is 0 Å². The highest BCUT2D eigenvalue weighted by Crippen LogP contribution is 2.59. The smallest absolute Gasteiger partial charge is 0.226 e. The first-order valence-electron chi connectivity index (χ1n) is 7.27. The van der Waals surface area contributed by atoms with Crippen LogP contribution in [0.1, 0.15) is 32.1 Å². The third-order valence-electron chi connectivity index (χ3n) is 5.11. The number of amides is 1. The van der Waals surface area contributed by atoms with Crippen LogP contribution in [0.3, 0.4) is 0 Å². The zero-order chi connectivity index (χ0) is 12.6. The van der Waals surface area contributed by atoms with E-state index in [0.717, 1.165) is 45.4 Å². The summed E-state index contributed by atoms with van der Waals surface area (Å²) < 4.78 is 5.40. The van der Waals surface area contributed by atoms with Gasteiger partial charge in [0.1, 0.15) is 0 Å². The maximum absolute atomic E-state index is 12.5. The van der Waals surface area contributed by atoms with Gasteiger partial charge in [-0.05, 0) is 50.6 Å². The molecule has 3 fully saturated rings. The van der Waals surface area contributed by atoms with E-state index in [9.17, 15) is 4.79 Å². The van der Waals surface area contributed by atoms with Gasteiger partial charge in [-0.15, -0.1) is 0 Å². The Morgan fingerprint density at radius 1 is 1.39 bits per heavy atom. The fourth-order valence-corrected chi connectivity index (χ4v) is 3.73. The Morgan fingerprint density at radius 2 is 2.17 bits per heavy atom. The number of rotatable bonds is 2. The number of ether oxygens (including phenoxy) is 1. The number of likely N-dealkylation sites (tertiary alicyclic amines) is 1. The van der Waals surface area contributed by atoms with Gasteiger partial charge in [-0.25, -0.2) is 0 Å². The van der Waals surface area contributed by atoms with E-state index in [1.165, 1.54) is 12.8 Å². The molecule has 1 N–H and O–H groups in total. The molecule has 1 aliphatic carbocycles. The van der Waals surface area contributed by atoms with Gasteiger partial charge in [-0.3, -0.25) is 4.79 Å². The van der Waals surface area contributed by atoms with E-state index in [1.54, 1.807) is 7.11 Å². The molecule has 2 atom stereocenters. The minimum absolute atomic E-state index is 0.255. The molecule has 2 unspecified atom stereocenters. The summed E-state index contributed by atoms with van der Waals surface area (Å²) in [5.41, 5.74) is 0.363. The van der Waals surface area contributed by atoms with Crippen LogP contribution in [-0.2, 0) is 9.53 Å². The van der Waals surface area contributed by atoms with Crippen molar-refractivity contribution in [2.45, 2.75) is 38.2 Å². The zero-order valence-corrected chi connectivity index (χ0v) is 11.3. The van der Waals surface area contributed by atoms with Crippen molar-refractivity contribution < 1.29 is 9.53 Å². The van der Waals surface area contributed by atoms with Crippen LogP contribution in [0.4, 0.5) is 0 Å². The fourth-order valence-electron chi connectivity index (χ4n) is 3.73. The van der Waals surface area contributed by atoms with E-state index < -0.39 is 0 Å². The quantitative estimate of drug-likeness (QED) is 0.797. The summed E-state index contributed by atoms with van der Waals surface area (Å²) in [7, 11) is 1.75. The predicted molar refractivity (Wildman–Crippen MR) is 69.3 cm³/mol. The summed E-state index contributed by atoms with van der Waals surface area (Å²) in [5, 5.41) is 3.39. The average Bonchev–Trinajstić information content (AvgIpc) is 3.12. The molecule has 4 nitrogen and oxygen atoms in total. The Morgan fingerprint density at radius 3 is 2.89 bits per heavy atom. The predicted octanol–water partition coefficient (Wildman–Crippen LogP) is 1.01. The molecule has 1 spiro atoms. The number of nitrogens with one attached hydrogen (secondary N) is 1. The summed E-state index contributed by atoms with van der Waals surface area (Å²) in [4.78, 5) is 14.6. The normalized spacial score (nSPS) is 34.6. The van der Waals surface area contributed by atoms with Crippen molar-refractivity contribution in [1.29, 1.82) is 0 Å². The van der Waals surface area contributed by atoms with E-state index >= 15 is 0 Å². The van der Waals surface area contributed by atoms with Crippen molar-refractivity contribution in [2.75, 3.05) is 33.3 Å². The molecule has 4 heteroatoms. The van der Waals surface area contributed by atoms with Crippen LogP contribution in [0.2, 0.25) is 0 Å². The number of carbonyl (C=O) groups excluding carboxylic acids is 1. The molecule has 1 amide bonds. The SMILES string of the molecule is COC1CCCN(C(=O)C2CC23CCNCC3)C1. The largest absolute Gasteiger partial charge is 0.380 e. The number of hydrogen-bond donors (Lipinski definition) is 1. The first kappa shape index (κ1) is 12.4. The van der Waals surface area contributed by atoms with E-state index in [2.05, 4.69) is 10.2 Å². The molecule has 2 aliphatic heterocycles. The molecule has 0 aromatic heterocycles. The van der Waals surface area contributed by atoms with Crippen LogP contribution in [0, 0.1) is 11.3 Å². The van der Waals surface area contributed by atoms with Crippen LogP contribution in [0.25, 0.3) is 0 Å². The van der Waals surface area contributed by atoms with Gasteiger partial charge in [0.15, 0.2) is 0 Å². The molecule has 18 heavy (non-hydrogen) atoms. The van der Waals surface area contributed by atoms with Gasteiger partial charge < -0.3 is 15.0 Å². The summed E-state index contributed by atoms with van der Waals surface area (Å²) in [6.07, 6.45) is 5.94. The second-order valence-electron chi connectivity index (χ2n) is 6.15. The molecule has 0 aromatic rings. The lowest BCUT2D eigenvalue weighted by Crippen LogP contribution is -2.44. The second-order valence-corrected chi connectivity index (χ2v) is 6.15. The number of nitrogens with zero attached hydrogens (tertiary/aromatic N) is 1. The van der Waals surface area contributed by atoms with E-state index in [1.807, 2.05) is 0 Å². The Balaban J connectivity index is 1.58. The van der Waals surface area contributed by atoms with Crippen LogP contribution >= 0.6 is 0 Å². The standard InChI is InChI=1S/C14H24N2O2/c1-18-11-3-2-8-16(10-11)13(17)12-9-14(12)4-6-15-7-5-14/h11-12,15H,2-10H2,1H3. The molecule has 0 radical (unpaired) electrons. The van der Waals surface area contributed by atoms with Gasteiger partial charge in [-0.2, -0.15) is 0 Å². The lowest BCUT2D eigenvalue weighted by molar-refractivity contribution is -0.137. The summed E-state index contributed by atoms with van der Waals surface area (Å²) >= 11 is 0. The molecule has 3 rings (SSSR count). The number of methoxy groups -OCH3 is 1. The molecule has 0 aromatic carbocycles. The highest BCUT2D eigenvalue weighted by Gasteiger charge is 2.58. The van der Waals surface area contributed by atoms with E-state index in [-0.39, 0.29) is 6.10 Å². The minimum Gasteiger partial charge on any atom is -0.380 e. The van der Waals surface area contributed by atoms with Crippen molar-refractivity contribution in [2.24, 2.45) is 11.3 Å². The topological polar surface area (TPSA) is 41.6 Å². The van der Waals surface area contributed by atoms with Crippen molar-refractivity contribution >= 4 is 5.91 Å². The minimum atomic E-state index is 0.255. The van der Waals surface area contributed by atoms with Crippen LogP contribution in [0.5, 0.6) is 0 Å². The van der Waals surface area contributed by atoms with Crippen molar-refractivity contribution in [1.82, 2.24) is 10.2 Å². The number of piperidine rings is 2. The molecular formula is C14H24N2O2. The Kier molecular flexibility index (Phi) is 3.32. The third kappa shape index (κ3) is 2.16. The fraction of sp³-hybridized carbons (Fsp3) is 0.929. The van der Waals surface area contributed by atoms with Crippen LogP contribution in [0.15, 0.2) is 0 Å². The summed E-state index contributed by atoms with van der Waals surface area (Å²) in [6.45, 7) is 3.92. The molecule has 3 aliphatic rings. The van der Waals surface area contributed by atoms with Gasteiger partial charge in [-0.1, -0.05) is 0 Å². The van der Waals surface area contributed by atoms with Gasteiger partial charge >= 0.3 is 0 Å². The maximum atomic E-state index is 12.5. The van der Waals surface area contributed by atoms with Crippen molar-refractivity contribution in [3.05, 3.63) is 0 Å². The van der Waals surface area contributed by atoms with Crippen molar-refractivity contribution in [3.63, 3.8) is 0 Å². The molecular weight excluding hydrogens is 228 g/mol. The molecule has 0 bridgehead atoms. The summed E-state index contributed by atoms with van der Waals surface area (Å²) in [5.74, 6) is 0.717. The van der Waals surface area contributed by atoms with Gasteiger partial charge in [0, 0.05) is 26.1 Å². The van der Waals surface area contributed by atoms with Gasteiger partial charge in [0.05, 0.1) is 6.10 Å². The van der Waals surface area contributed by atoms with Crippen molar-refractivity contribution in [3.8, 4) is 0 Å². The van der Waals surface area contributed by atoms with E-state index in [0.29, 0.717) is 17.2 Å². The first-order chi connectivity index (χ1) is 8.75. The van der Waals surface area contributed by atoms with Crippen LogP contribution < -0.4 is 5.32 Å². The Labute approximate surface area is 109 Å². The average molecular weight is 252 g/mol. The monoisotopic (exact) mass is 252 g/mol. The van der Waals surface area contributed by atoms with Gasteiger partial charge in [0.2, 0.25) is 5.91 Å². The Bertz CT molecular complexity index is 322. The molecule has 2 heterocycles. The maximum Gasteiger partial charge on any atom is 0.226 e. The lowest BCUT2D eigenvalue weighted by atomic mass is 9.91. The van der Waals surface area contributed by atoms with Crippen LogP contribution in [-0.4, -0.2) is 50.2 Å². The molecule has 1 saturated carbocycles. The third-order valence-corrected chi connectivity index (χ3v) is 5.11. The lowest BCUT2D eigenvalue weighted by Gasteiger charge is -2.33. The zero-order valence-electron chi connectivity index (χ0n) is 11.3. The Hall–Kier alpha value is -0.610. The molecule has 2 saturated heterocycles. The summed E-state index contributed by atoms with van der Waals surface area (Å²) in [6, 6.07) is 0. The molecule has 102 valence electrons. The first-order valence-corrected chi connectivity index (χ1v) is 7.27. The highest BCUT2D eigenvalue weighted by atomic mass is 16.5. The number of carbonyl (C=O) groups is 1. The number of hydrogen-bond acceptors (Lipinski definition) is 3. The second kappa shape index (κ2) is 4.82. The van der Waals surface area contributed by atoms with E-state index in [4.69, 9.17) is 4.74 Å². The highest BCUT2D eigenvalue weighted by molar-refractivity contribution is 5.83.